The fourth-order valence-corrected chi connectivity index (χ4v) is 8.95. The van der Waals surface area contributed by atoms with Gasteiger partial charge in [0, 0.05) is 49.7 Å². The monoisotopic (exact) mass is 1410 g/mol. The number of methoxy groups -OCH3 is 3. The van der Waals surface area contributed by atoms with Gasteiger partial charge in [0.25, 0.3) is 17.7 Å². The number of carbonyl (C=O) groups excluding carboxylic acids is 6. The van der Waals surface area contributed by atoms with Crippen LogP contribution in [-0.4, -0.2) is 165 Å². The van der Waals surface area contributed by atoms with E-state index in [-0.39, 0.29) is 106 Å². The number of nitrogens with one attached hydrogen (secondary N) is 4. The second-order valence-corrected chi connectivity index (χ2v) is 20.4. The molecule has 0 radical (unpaired) electrons. The lowest BCUT2D eigenvalue weighted by Crippen LogP contribution is -2.40. The SMILES string of the molecule is COC(=O)c1cc(F)c(F)cc1NC(=O)N1CCn2cncc2C1.COC(=O)c1cc(F)c(F)cc1NC(=O)c1ccn2c(C#N)cnc2n1.COc1cc(NC(=O)c2cc(N)c3nnnn3n2)c(C(=O)O)cc1F.Nc1cc2nnnn2nc1C(=O)Nc1cc(Cl)c(Cl)cc1C(=O)O. The summed E-state index contributed by atoms with van der Waals surface area (Å²) in [5.74, 6) is -12.8. The van der Waals surface area contributed by atoms with E-state index < -0.39 is 82.3 Å². The number of urea groups is 1. The Bertz CT molecular complexity index is 5150. The summed E-state index contributed by atoms with van der Waals surface area (Å²) in [5, 5.41) is 65.7. The van der Waals surface area contributed by atoms with Crippen LogP contribution in [0.25, 0.3) is 17.1 Å². The second kappa shape index (κ2) is 29.7. The van der Waals surface area contributed by atoms with Gasteiger partial charge < -0.3 is 66.6 Å². The van der Waals surface area contributed by atoms with Gasteiger partial charge in [-0.05, 0) is 63.3 Å². The molecular weight excluding hydrogens is 1370 g/mol. The van der Waals surface area contributed by atoms with Crippen LogP contribution in [0, 0.1) is 40.4 Å². The third-order valence-electron chi connectivity index (χ3n) is 13.4. The van der Waals surface area contributed by atoms with Crippen LogP contribution in [0.15, 0.2) is 91.6 Å². The van der Waals surface area contributed by atoms with Gasteiger partial charge >= 0.3 is 29.9 Å². The minimum Gasteiger partial charge on any atom is -0.494 e. The van der Waals surface area contributed by atoms with Crippen molar-refractivity contribution in [3.05, 3.63) is 182 Å². The fraction of sp³-hybridized carbons (Fsp3) is 0.107. The average molecular weight is 1410 g/mol. The average Bonchev–Trinajstić information content (AvgIpc) is 1.70. The number of esters is 2. The van der Waals surface area contributed by atoms with Crippen molar-refractivity contribution in [1.29, 1.82) is 5.26 Å². The number of fused-ring (bicyclic) bond motifs is 4. The molecule has 0 unspecified atom stereocenters. The van der Waals surface area contributed by atoms with Crippen LogP contribution in [0.3, 0.4) is 0 Å². The summed E-state index contributed by atoms with van der Waals surface area (Å²) >= 11 is 11.7. The van der Waals surface area contributed by atoms with Crippen molar-refractivity contribution in [3.63, 3.8) is 0 Å². The van der Waals surface area contributed by atoms with Gasteiger partial charge in [-0.25, -0.2) is 60.9 Å². The maximum atomic E-state index is 13.7. The quantitative estimate of drug-likeness (QED) is 0.0555. The van der Waals surface area contributed by atoms with Crippen LogP contribution < -0.4 is 37.5 Å². The largest absolute Gasteiger partial charge is 0.494 e. The smallest absolute Gasteiger partial charge is 0.340 e. The molecule has 0 atom stereocenters. The summed E-state index contributed by atoms with van der Waals surface area (Å²) in [5.41, 5.74) is 10.7. The molecule has 4 aromatic carbocycles. The molecule has 99 heavy (non-hydrogen) atoms. The van der Waals surface area contributed by atoms with Gasteiger partial charge in [0.2, 0.25) is 17.1 Å². The number of amides is 5. The number of ether oxygens (including phenoxy) is 3. The number of tetrazole rings is 2. The number of nitrogens with zero attached hydrogens (tertiary/aromatic N) is 17. The van der Waals surface area contributed by atoms with Gasteiger partial charge in [0.1, 0.15) is 17.5 Å². The van der Waals surface area contributed by atoms with Crippen molar-refractivity contribution in [1.82, 2.24) is 79.3 Å². The van der Waals surface area contributed by atoms with E-state index in [4.69, 9.17) is 49.8 Å². The third kappa shape index (κ3) is 15.6. The number of carboxylic acid groups (broad SMARTS) is 2. The minimum absolute atomic E-state index is 0.0201. The number of imidazole rings is 2. The zero-order chi connectivity index (χ0) is 71.7. The lowest BCUT2D eigenvalue weighted by molar-refractivity contribution is 0.0592. The molecule has 8 heterocycles. The predicted molar refractivity (Wildman–Crippen MR) is 328 cm³/mol. The van der Waals surface area contributed by atoms with Gasteiger partial charge in [-0.3, -0.25) is 18.8 Å². The van der Waals surface area contributed by atoms with Gasteiger partial charge in [-0.2, -0.15) is 5.26 Å². The molecule has 7 aromatic heterocycles. The summed E-state index contributed by atoms with van der Waals surface area (Å²) in [7, 11) is 3.38. The summed E-state index contributed by atoms with van der Waals surface area (Å²) in [6.07, 6.45) is 6.02. The molecular formula is C56H40Cl2F5N23O13. The Morgan fingerprint density at radius 1 is 0.626 bits per heavy atom. The van der Waals surface area contributed by atoms with Gasteiger partial charge in [0.15, 0.2) is 46.2 Å². The maximum Gasteiger partial charge on any atom is 0.340 e. The van der Waals surface area contributed by atoms with Gasteiger partial charge in [-0.15, -0.1) is 29.7 Å². The molecule has 1 aliphatic rings. The number of aromatic nitrogens is 15. The highest BCUT2D eigenvalue weighted by Crippen LogP contribution is 2.31. The third-order valence-corrected chi connectivity index (χ3v) is 14.1. The number of rotatable bonds is 12. The van der Waals surface area contributed by atoms with Crippen molar-refractivity contribution in [2.24, 2.45) is 0 Å². The molecule has 12 rings (SSSR count). The van der Waals surface area contributed by atoms with Crippen molar-refractivity contribution >= 4 is 122 Å². The number of nitrogen functional groups attached to an aromatic ring is 2. The summed E-state index contributed by atoms with van der Waals surface area (Å²) in [4.78, 5) is 109. The van der Waals surface area contributed by atoms with E-state index in [9.17, 15) is 65.4 Å². The van der Waals surface area contributed by atoms with Gasteiger partial charge in [-0.1, -0.05) is 23.2 Å². The molecule has 1 aliphatic heterocycles. The number of carboxylic acids is 2. The molecule has 43 heteroatoms. The lowest BCUT2D eigenvalue weighted by atomic mass is 10.1. The number of hydrogen-bond donors (Lipinski definition) is 8. The number of nitriles is 1. The van der Waals surface area contributed by atoms with E-state index in [2.05, 4.69) is 86.9 Å². The number of benzene rings is 4. The second-order valence-electron chi connectivity index (χ2n) is 19.5. The molecule has 5 amide bonds. The van der Waals surface area contributed by atoms with E-state index in [0.29, 0.717) is 37.8 Å². The van der Waals surface area contributed by atoms with E-state index in [1.54, 1.807) is 12.5 Å². The molecule has 11 aromatic rings. The Hall–Kier alpha value is -13.7. The molecule has 10 N–H and O–H groups in total. The van der Waals surface area contributed by atoms with Crippen LogP contribution in [0.1, 0.15) is 84.3 Å². The molecule has 0 fully saturated rings. The Kier molecular flexibility index (Phi) is 20.9. The molecule has 0 bridgehead atoms. The van der Waals surface area contributed by atoms with Crippen LogP contribution in [0.4, 0.5) is 60.9 Å². The van der Waals surface area contributed by atoms with Crippen LogP contribution in [0.5, 0.6) is 5.75 Å². The Morgan fingerprint density at radius 2 is 1.19 bits per heavy atom. The molecule has 0 saturated carbocycles. The maximum absolute atomic E-state index is 13.7. The highest BCUT2D eigenvalue weighted by atomic mass is 35.5. The molecule has 0 spiro atoms. The molecule has 506 valence electrons. The van der Waals surface area contributed by atoms with Crippen LogP contribution in [0.2, 0.25) is 10.0 Å². The first kappa shape index (κ1) is 69.7. The first-order valence-electron chi connectivity index (χ1n) is 27.1. The molecule has 36 nitrogen and oxygen atoms in total. The normalized spacial score (nSPS) is 11.3. The molecule has 0 aliphatic carbocycles. The first-order chi connectivity index (χ1) is 47.2. The fourth-order valence-electron chi connectivity index (χ4n) is 8.62. The summed E-state index contributed by atoms with van der Waals surface area (Å²) < 4.78 is 86.5. The van der Waals surface area contributed by atoms with E-state index in [0.717, 1.165) is 53.4 Å². The Morgan fingerprint density at radius 3 is 1.83 bits per heavy atom. The number of anilines is 6. The highest BCUT2D eigenvalue weighted by molar-refractivity contribution is 6.42. The highest BCUT2D eigenvalue weighted by Gasteiger charge is 2.27. The number of carbonyl (C=O) groups is 8. The van der Waals surface area contributed by atoms with Gasteiger partial charge in [0.05, 0.1) is 113 Å². The number of nitrogens with two attached hydrogens (primary N) is 2. The van der Waals surface area contributed by atoms with Crippen molar-refractivity contribution < 1.29 is 84.7 Å². The Balaban J connectivity index is 0.000000154. The predicted octanol–water partition coefficient (Wildman–Crippen LogP) is 5.47. The number of aromatic carboxylic acids is 2. The lowest BCUT2D eigenvalue weighted by Gasteiger charge is -2.28. The summed E-state index contributed by atoms with van der Waals surface area (Å²) in [6, 6.07) is 12.2. The van der Waals surface area contributed by atoms with E-state index >= 15 is 0 Å². The minimum atomic E-state index is -1.43. The van der Waals surface area contributed by atoms with E-state index in [1.807, 2.05) is 10.6 Å². The van der Waals surface area contributed by atoms with Crippen molar-refractivity contribution in [2.75, 3.05) is 60.6 Å². The zero-order valence-electron chi connectivity index (χ0n) is 50.1. The standard InChI is InChI=1S/C16H9F2N5O3.C15H14F2N4O3.C13H10FN7O4.C12H7Cl2N7O3/c1-26-15(25)9-4-10(17)11(18)5-13(9)21-14(24)12-2-3-23-8(6-19)7-20-16(23)22-12;1-24-14(22)10-4-11(16)12(17)5-13(10)19-15(23)20-2-3-21-8-18-6-9(21)7-20;1-25-10-4-8(5(13(23)24)2-6(10)14)16-12(22)9-3-7(15)11-17-19-20-21(11)18-9;13-5-1-4(12(23)24)8(2-6(5)14)16-11(22)10-7(15)3-9-17-19-20-21(9)18-10/h2-5,7H,1H3,(H,21,24);4-6,8H,2-3,7H2,1H3,(H,19,23);2-4H,15H2,1H3,(H,16,22)(H,23,24);1-3H,15H2,(H,16,22)(H,23,24). The number of hydrogen-bond acceptors (Lipinski definition) is 25. The number of halogens is 7. The van der Waals surface area contributed by atoms with E-state index in [1.165, 1.54) is 53.1 Å². The topological polar surface area (TPSA) is 492 Å². The zero-order valence-corrected chi connectivity index (χ0v) is 51.6. The van der Waals surface area contributed by atoms with Crippen molar-refractivity contribution in [3.8, 4) is 11.8 Å². The van der Waals surface area contributed by atoms with Crippen molar-refractivity contribution in [2.45, 2.75) is 13.1 Å². The Labute approximate surface area is 556 Å². The molecule has 0 saturated heterocycles. The summed E-state index contributed by atoms with van der Waals surface area (Å²) in [6.45, 7) is 1.32. The van der Waals surface area contributed by atoms with Crippen LogP contribution >= 0.6 is 23.2 Å². The first-order valence-corrected chi connectivity index (χ1v) is 27.9. The van der Waals surface area contributed by atoms with Crippen LogP contribution in [-0.2, 0) is 22.6 Å².